The van der Waals surface area contributed by atoms with Crippen LogP contribution in [0.15, 0.2) is 70.9 Å². The number of amides is 1. The molecule has 1 saturated heterocycles. The van der Waals surface area contributed by atoms with Gasteiger partial charge in [-0.05, 0) is 47.8 Å². The minimum absolute atomic E-state index is 0. The van der Waals surface area contributed by atoms with E-state index in [0.717, 1.165) is 18.0 Å². The smallest absolute Gasteiger partial charge is 0.261 e. The maximum absolute atomic E-state index is 13.1. The van der Waals surface area contributed by atoms with Crippen LogP contribution in [0.3, 0.4) is 0 Å². The van der Waals surface area contributed by atoms with Crippen LogP contribution in [-0.2, 0) is 14.8 Å². The lowest BCUT2D eigenvalue weighted by atomic mass is 10.1. The molecule has 0 saturated carbocycles. The molecule has 0 bridgehead atoms. The molecule has 7 nitrogen and oxygen atoms in total. The van der Waals surface area contributed by atoms with Crippen molar-refractivity contribution in [2.45, 2.75) is 10.9 Å². The topological polar surface area (TPSA) is 87.7 Å². The minimum Gasteiger partial charge on any atom is -1.00 e. The molecule has 34 heavy (non-hydrogen) atoms. The van der Waals surface area contributed by atoms with Gasteiger partial charge in [-0.25, -0.2) is 8.42 Å². The van der Waals surface area contributed by atoms with Gasteiger partial charge in [0.1, 0.15) is 0 Å². The maximum Gasteiger partial charge on any atom is 0.261 e. The summed E-state index contributed by atoms with van der Waals surface area (Å²) >= 11 is 7.51. The van der Waals surface area contributed by atoms with Crippen LogP contribution >= 0.6 is 22.9 Å². The number of halogens is 2. The van der Waals surface area contributed by atoms with E-state index in [1.165, 1.54) is 24.3 Å². The summed E-state index contributed by atoms with van der Waals surface area (Å²) in [5, 5.41) is 5.45. The molecular formula is C23H24Cl2N3O4S2-. The highest BCUT2D eigenvalue weighted by Crippen LogP contribution is 2.26. The van der Waals surface area contributed by atoms with Crippen molar-refractivity contribution in [1.82, 2.24) is 10.2 Å². The van der Waals surface area contributed by atoms with Gasteiger partial charge in [0, 0.05) is 29.5 Å². The van der Waals surface area contributed by atoms with Crippen molar-refractivity contribution in [2.75, 3.05) is 37.6 Å². The number of para-hydroxylation sites is 1. The Morgan fingerprint density at radius 3 is 2.44 bits per heavy atom. The van der Waals surface area contributed by atoms with Gasteiger partial charge in [0.15, 0.2) is 0 Å². The first-order valence-corrected chi connectivity index (χ1v) is 13.2. The lowest BCUT2D eigenvalue weighted by Gasteiger charge is -2.34. The molecule has 11 heteroatoms. The van der Waals surface area contributed by atoms with Crippen LogP contribution in [0.5, 0.6) is 0 Å². The normalized spacial score (nSPS) is 15.2. The SMILES string of the molecule is O=C(NCC(c1cccs1)N1CCOCC1)c1ccccc1NS(=O)(=O)c1ccc(Cl)cc1.[Cl-]. The van der Waals surface area contributed by atoms with Gasteiger partial charge in [0.2, 0.25) is 0 Å². The van der Waals surface area contributed by atoms with E-state index in [9.17, 15) is 13.2 Å². The summed E-state index contributed by atoms with van der Waals surface area (Å²) < 4.78 is 33.6. The number of hydrogen-bond acceptors (Lipinski definition) is 6. The van der Waals surface area contributed by atoms with Crippen LogP contribution in [0.1, 0.15) is 21.3 Å². The number of ether oxygens (including phenoxy) is 1. The number of carbonyl (C=O) groups excluding carboxylic acids is 1. The third-order valence-corrected chi connectivity index (χ3v) is 7.96. The highest BCUT2D eigenvalue weighted by atomic mass is 35.5. The molecule has 3 aromatic rings. The summed E-state index contributed by atoms with van der Waals surface area (Å²) in [6.45, 7) is 3.29. The number of nitrogens with one attached hydrogen (secondary N) is 2. The molecule has 2 N–H and O–H groups in total. The monoisotopic (exact) mass is 540 g/mol. The van der Waals surface area contributed by atoms with Gasteiger partial charge >= 0.3 is 0 Å². The van der Waals surface area contributed by atoms with Crippen molar-refractivity contribution in [2.24, 2.45) is 0 Å². The predicted molar refractivity (Wildman–Crippen MR) is 130 cm³/mol. The van der Waals surface area contributed by atoms with E-state index in [1.54, 1.807) is 35.6 Å². The summed E-state index contributed by atoms with van der Waals surface area (Å²) in [4.78, 5) is 16.6. The molecule has 0 spiro atoms. The Hall–Kier alpha value is -2.14. The van der Waals surface area contributed by atoms with Crippen molar-refractivity contribution >= 4 is 44.6 Å². The second-order valence-electron chi connectivity index (χ2n) is 7.49. The second-order valence-corrected chi connectivity index (χ2v) is 10.6. The zero-order valence-corrected chi connectivity index (χ0v) is 21.3. The van der Waals surface area contributed by atoms with Crippen molar-refractivity contribution in [3.63, 3.8) is 0 Å². The van der Waals surface area contributed by atoms with Crippen molar-refractivity contribution < 1.29 is 30.4 Å². The van der Waals surface area contributed by atoms with Gasteiger partial charge in [-0.1, -0.05) is 29.8 Å². The fourth-order valence-corrected chi connectivity index (χ4v) is 5.72. The number of anilines is 1. The van der Waals surface area contributed by atoms with Crippen LogP contribution in [0.2, 0.25) is 5.02 Å². The Kier molecular flexibility index (Phi) is 9.35. The van der Waals surface area contributed by atoms with E-state index < -0.39 is 10.0 Å². The molecule has 1 unspecified atom stereocenters. The van der Waals surface area contributed by atoms with Crippen LogP contribution in [0.25, 0.3) is 0 Å². The fraction of sp³-hybridized carbons (Fsp3) is 0.261. The Morgan fingerprint density at radius 1 is 1.06 bits per heavy atom. The van der Waals surface area contributed by atoms with Gasteiger partial charge in [-0.2, -0.15) is 0 Å². The number of thiophene rings is 1. The zero-order chi connectivity index (χ0) is 23.3. The van der Waals surface area contributed by atoms with Gasteiger partial charge in [-0.3, -0.25) is 14.4 Å². The first-order chi connectivity index (χ1) is 15.9. The van der Waals surface area contributed by atoms with E-state index in [2.05, 4.69) is 21.0 Å². The standard InChI is InChI=1S/C23H24ClN3O4S2.ClH/c24-17-7-9-18(10-8-17)33(29,30)26-20-5-2-1-4-19(20)23(28)25-16-21(22-6-3-15-32-22)27-11-13-31-14-12-27;/h1-10,15,21,26H,11-14,16H2,(H,25,28);1H/p-1. The number of morpholine rings is 1. The summed E-state index contributed by atoms with van der Waals surface area (Å²) in [7, 11) is -3.88. The average Bonchev–Trinajstić information content (AvgIpc) is 3.35. The lowest BCUT2D eigenvalue weighted by Crippen LogP contribution is -3.00. The quantitative estimate of drug-likeness (QED) is 0.445. The molecule has 1 aliphatic heterocycles. The molecule has 4 rings (SSSR count). The first kappa shape index (κ1) is 26.5. The minimum atomic E-state index is -3.88. The van der Waals surface area contributed by atoms with Crippen molar-refractivity contribution in [3.05, 3.63) is 81.5 Å². The number of sulfonamides is 1. The molecule has 1 aromatic heterocycles. The highest BCUT2D eigenvalue weighted by Gasteiger charge is 2.25. The number of benzene rings is 2. The van der Waals surface area contributed by atoms with Crippen LogP contribution in [0.4, 0.5) is 5.69 Å². The van der Waals surface area contributed by atoms with E-state index in [-0.39, 0.29) is 40.5 Å². The average molecular weight is 542 g/mol. The molecule has 1 amide bonds. The largest absolute Gasteiger partial charge is 1.00 e. The van der Waals surface area contributed by atoms with Gasteiger partial charge in [0.25, 0.3) is 15.9 Å². The van der Waals surface area contributed by atoms with E-state index in [4.69, 9.17) is 16.3 Å². The first-order valence-electron chi connectivity index (χ1n) is 10.4. The molecule has 0 aliphatic carbocycles. The summed E-state index contributed by atoms with van der Waals surface area (Å²) in [6.07, 6.45) is 0. The summed E-state index contributed by atoms with van der Waals surface area (Å²) in [6, 6.07) is 16.5. The highest BCUT2D eigenvalue weighted by molar-refractivity contribution is 7.92. The third kappa shape index (κ3) is 6.50. The molecule has 0 radical (unpaired) electrons. The van der Waals surface area contributed by atoms with E-state index >= 15 is 0 Å². The summed E-state index contributed by atoms with van der Waals surface area (Å²) in [5.74, 6) is -0.348. The van der Waals surface area contributed by atoms with Crippen LogP contribution in [0, 0.1) is 0 Å². The van der Waals surface area contributed by atoms with Crippen molar-refractivity contribution in [3.8, 4) is 0 Å². The Labute approximate surface area is 214 Å². The van der Waals surface area contributed by atoms with Crippen molar-refractivity contribution in [1.29, 1.82) is 0 Å². The Bertz CT molecular complexity index is 1180. The molecular weight excluding hydrogens is 517 g/mol. The number of carbonyl (C=O) groups is 1. The Morgan fingerprint density at radius 2 is 1.76 bits per heavy atom. The molecule has 2 aromatic carbocycles. The van der Waals surface area contributed by atoms with E-state index in [0.29, 0.717) is 24.8 Å². The third-order valence-electron chi connectivity index (χ3n) is 5.35. The molecule has 182 valence electrons. The molecule has 1 atom stereocenters. The molecule has 1 aliphatic rings. The zero-order valence-electron chi connectivity index (χ0n) is 18.1. The molecule has 2 heterocycles. The summed E-state index contributed by atoms with van der Waals surface area (Å²) in [5.41, 5.74) is 0.464. The number of rotatable bonds is 8. The van der Waals surface area contributed by atoms with Crippen LogP contribution < -0.4 is 22.4 Å². The number of nitrogens with zero attached hydrogens (tertiary/aromatic N) is 1. The predicted octanol–water partition coefficient (Wildman–Crippen LogP) is 1.01. The van der Waals surface area contributed by atoms with Gasteiger partial charge in [0.05, 0.1) is 35.4 Å². The molecule has 1 fully saturated rings. The van der Waals surface area contributed by atoms with Crippen LogP contribution in [-0.4, -0.2) is 52.1 Å². The second kappa shape index (κ2) is 12.0. The number of hydrogen-bond donors (Lipinski definition) is 2. The fourth-order valence-electron chi connectivity index (χ4n) is 3.65. The lowest BCUT2D eigenvalue weighted by molar-refractivity contribution is -0.0000217. The van der Waals surface area contributed by atoms with Gasteiger partial charge in [-0.15, -0.1) is 11.3 Å². The Balaban J connectivity index is 0.00000324. The van der Waals surface area contributed by atoms with Gasteiger partial charge < -0.3 is 22.5 Å². The van der Waals surface area contributed by atoms with E-state index in [1.807, 2.05) is 11.4 Å². The maximum atomic E-state index is 13.1.